The van der Waals surface area contributed by atoms with Gasteiger partial charge in [-0.05, 0) is 37.5 Å². The molecule has 1 aromatic carbocycles. The van der Waals surface area contributed by atoms with Crippen LogP contribution < -0.4 is 5.32 Å². The number of piperidine rings is 1. The van der Waals surface area contributed by atoms with Crippen molar-refractivity contribution >= 4 is 11.6 Å². The third kappa shape index (κ3) is 4.65. The number of anilines is 1. The summed E-state index contributed by atoms with van der Waals surface area (Å²) in [7, 11) is 0. The molecule has 0 aliphatic carbocycles. The first-order valence-corrected chi connectivity index (χ1v) is 8.38. The summed E-state index contributed by atoms with van der Waals surface area (Å²) >= 11 is 0. The molecular weight excluding hydrogens is 297 g/mol. The Morgan fingerprint density at radius 1 is 1.35 bits per heavy atom. The molecule has 0 aromatic heterocycles. The molecule has 1 N–H and O–H groups in total. The molecule has 0 unspecified atom stereocenters. The van der Waals surface area contributed by atoms with E-state index in [0.717, 1.165) is 44.6 Å². The lowest BCUT2D eigenvalue weighted by atomic mass is 10.0. The van der Waals surface area contributed by atoms with Crippen LogP contribution in [0, 0.1) is 5.82 Å². The number of carbonyl (C=O) groups is 1. The van der Waals surface area contributed by atoms with Crippen LogP contribution in [0.1, 0.15) is 25.7 Å². The number of likely N-dealkylation sites (tertiary alicyclic amines) is 1. The number of carbonyl (C=O) groups excluding carboxylic acids is 1. The van der Waals surface area contributed by atoms with E-state index in [0.29, 0.717) is 19.5 Å². The van der Waals surface area contributed by atoms with Gasteiger partial charge in [-0.25, -0.2) is 4.39 Å². The highest BCUT2D eigenvalue weighted by atomic mass is 19.1. The molecule has 3 rings (SSSR count). The summed E-state index contributed by atoms with van der Waals surface area (Å²) in [4.78, 5) is 19.7. The summed E-state index contributed by atoms with van der Waals surface area (Å²) in [6.07, 6.45) is 3.50. The fourth-order valence-electron chi connectivity index (χ4n) is 3.19. The van der Waals surface area contributed by atoms with Crippen molar-refractivity contribution in [1.82, 2.24) is 9.96 Å². The topological polar surface area (TPSA) is 44.8 Å². The van der Waals surface area contributed by atoms with Crippen LogP contribution in [0.15, 0.2) is 24.3 Å². The van der Waals surface area contributed by atoms with E-state index in [1.54, 1.807) is 6.07 Å². The Balaban J connectivity index is 1.48. The zero-order valence-electron chi connectivity index (χ0n) is 13.3. The van der Waals surface area contributed by atoms with Crippen molar-refractivity contribution < 1.29 is 14.0 Å². The molecule has 2 saturated heterocycles. The SMILES string of the molecule is O=C(CCN1CCCO1)N1CCC[C@H](Nc2cccc(F)c2)C1. The van der Waals surface area contributed by atoms with E-state index in [4.69, 9.17) is 4.84 Å². The Bertz CT molecular complexity index is 534. The van der Waals surface area contributed by atoms with Crippen LogP contribution in [-0.2, 0) is 9.63 Å². The van der Waals surface area contributed by atoms with Gasteiger partial charge in [-0.3, -0.25) is 9.63 Å². The van der Waals surface area contributed by atoms with Gasteiger partial charge in [0.2, 0.25) is 5.91 Å². The summed E-state index contributed by atoms with van der Waals surface area (Å²) in [6.45, 7) is 3.82. The van der Waals surface area contributed by atoms with Gasteiger partial charge in [0.05, 0.1) is 6.61 Å². The van der Waals surface area contributed by atoms with Gasteiger partial charge in [-0.2, -0.15) is 5.06 Å². The number of benzene rings is 1. The molecule has 1 amide bonds. The highest BCUT2D eigenvalue weighted by Gasteiger charge is 2.24. The van der Waals surface area contributed by atoms with Gasteiger partial charge in [0, 0.05) is 44.3 Å². The molecule has 6 heteroatoms. The second-order valence-electron chi connectivity index (χ2n) is 6.20. The first-order valence-electron chi connectivity index (χ1n) is 8.38. The van der Waals surface area contributed by atoms with Crippen LogP contribution in [0.3, 0.4) is 0 Å². The minimum atomic E-state index is -0.246. The van der Waals surface area contributed by atoms with Crippen molar-refractivity contribution in [1.29, 1.82) is 0 Å². The van der Waals surface area contributed by atoms with Gasteiger partial charge in [-0.1, -0.05) is 6.07 Å². The van der Waals surface area contributed by atoms with Gasteiger partial charge in [0.15, 0.2) is 0 Å². The largest absolute Gasteiger partial charge is 0.380 e. The van der Waals surface area contributed by atoms with Crippen molar-refractivity contribution in [3.05, 3.63) is 30.1 Å². The smallest absolute Gasteiger partial charge is 0.224 e. The van der Waals surface area contributed by atoms with Crippen molar-refractivity contribution in [3.63, 3.8) is 0 Å². The first kappa shape index (κ1) is 16.2. The van der Waals surface area contributed by atoms with E-state index in [-0.39, 0.29) is 17.8 Å². The zero-order valence-corrected chi connectivity index (χ0v) is 13.3. The van der Waals surface area contributed by atoms with E-state index in [1.807, 2.05) is 16.0 Å². The number of rotatable bonds is 5. The fourth-order valence-corrected chi connectivity index (χ4v) is 3.19. The average Bonchev–Trinajstić information content (AvgIpc) is 3.06. The van der Waals surface area contributed by atoms with Crippen molar-refractivity contribution in [2.75, 3.05) is 38.1 Å². The van der Waals surface area contributed by atoms with Gasteiger partial charge in [0.25, 0.3) is 0 Å². The summed E-state index contributed by atoms with van der Waals surface area (Å²) in [5, 5.41) is 5.21. The standard InChI is InChI=1S/C17H24FN3O2/c18-14-4-1-5-15(12-14)19-16-6-2-8-20(13-16)17(22)7-10-21-9-3-11-23-21/h1,4-5,12,16,19H,2-3,6-11,13H2/t16-/m0/s1. The Morgan fingerprint density at radius 3 is 3.04 bits per heavy atom. The lowest BCUT2D eigenvalue weighted by Crippen LogP contribution is -2.45. The van der Waals surface area contributed by atoms with Crippen molar-refractivity contribution in [3.8, 4) is 0 Å². The first-order chi connectivity index (χ1) is 11.2. The lowest BCUT2D eigenvalue weighted by Gasteiger charge is -2.34. The molecule has 0 radical (unpaired) electrons. The van der Waals surface area contributed by atoms with E-state index < -0.39 is 0 Å². The molecule has 0 saturated carbocycles. The van der Waals surface area contributed by atoms with E-state index >= 15 is 0 Å². The number of hydroxylamine groups is 2. The molecule has 2 heterocycles. The molecule has 1 aromatic rings. The summed E-state index contributed by atoms with van der Waals surface area (Å²) < 4.78 is 13.3. The predicted molar refractivity (Wildman–Crippen MR) is 86.4 cm³/mol. The van der Waals surface area contributed by atoms with Gasteiger partial charge < -0.3 is 10.2 Å². The Labute approximate surface area is 136 Å². The maximum Gasteiger partial charge on any atom is 0.224 e. The molecular formula is C17H24FN3O2. The molecule has 2 aliphatic rings. The highest BCUT2D eigenvalue weighted by molar-refractivity contribution is 5.76. The zero-order chi connectivity index (χ0) is 16.1. The Hall–Kier alpha value is -1.66. The molecule has 1 atom stereocenters. The Kier molecular flexibility index (Phi) is 5.46. The van der Waals surface area contributed by atoms with Crippen LogP contribution >= 0.6 is 0 Å². The second-order valence-corrected chi connectivity index (χ2v) is 6.20. The monoisotopic (exact) mass is 321 g/mol. The minimum Gasteiger partial charge on any atom is -0.380 e. The number of halogens is 1. The highest BCUT2D eigenvalue weighted by Crippen LogP contribution is 2.18. The maximum absolute atomic E-state index is 13.3. The van der Waals surface area contributed by atoms with Crippen LogP contribution in [0.25, 0.3) is 0 Å². The normalized spacial score (nSPS) is 22.3. The maximum atomic E-state index is 13.3. The number of hydrogen-bond acceptors (Lipinski definition) is 4. The van der Waals surface area contributed by atoms with Gasteiger partial charge in [-0.15, -0.1) is 0 Å². The van der Waals surface area contributed by atoms with Crippen molar-refractivity contribution in [2.45, 2.75) is 31.7 Å². The van der Waals surface area contributed by atoms with Crippen molar-refractivity contribution in [2.24, 2.45) is 0 Å². The van der Waals surface area contributed by atoms with Crippen LogP contribution in [0.4, 0.5) is 10.1 Å². The second kappa shape index (κ2) is 7.75. The quantitative estimate of drug-likeness (QED) is 0.903. The average molecular weight is 321 g/mol. The summed E-state index contributed by atoms with van der Waals surface area (Å²) in [5.41, 5.74) is 0.773. The van der Waals surface area contributed by atoms with Gasteiger partial charge in [0.1, 0.15) is 5.82 Å². The number of amides is 1. The number of nitrogens with one attached hydrogen (secondary N) is 1. The fraction of sp³-hybridized carbons (Fsp3) is 0.588. The van der Waals surface area contributed by atoms with E-state index in [2.05, 4.69) is 5.32 Å². The van der Waals surface area contributed by atoms with E-state index in [9.17, 15) is 9.18 Å². The third-order valence-electron chi connectivity index (χ3n) is 4.37. The Morgan fingerprint density at radius 2 is 2.26 bits per heavy atom. The summed E-state index contributed by atoms with van der Waals surface area (Å²) in [5.74, 6) is -0.0735. The minimum absolute atomic E-state index is 0.172. The lowest BCUT2D eigenvalue weighted by molar-refractivity contribution is -0.139. The van der Waals surface area contributed by atoms with E-state index in [1.165, 1.54) is 12.1 Å². The molecule has 0 spiro atoms. The number of nitrogens with zero attached hydrogens (tertiary/aromatic N) is 2. The molecule has 5 nitrogen and oxygen atoms in total. The van der Waals surface area contributed by atoms with Crippen LogP contribution in [0.5, 0.6) is 0 Å². The summed E-state index contributed by atoms with van der Waals surface area (Å²) in [6, 6.07) is 6.65. The molecule has 2 fully saturated rings. The van der Waals surface area contributed by atoms with Crippen LogP contribution in [0.2, 0.25) is 0 Å². The predicted octanol–water partition coefficient (Wildman–Crippen LogP) is 2.26. The molecule has 0 bridgehead atoms. The number of hydrogen-bond donors (Lipinski definition) is 1. The van der Waals surface area contributed by atoms with Gasteiger partial charge >= 0.3 is 0 Å². The van der Waals surface area contributed by atoms with Crippen LogP contribution in [-0.4, -0.2) is 54.7 Å². The molecule has 2 aliphatic heterocycles. The molecule has 126 valence electrons. The molecule has 23 heavy (non-hydrogen) atoms. The third-order valence-corrected chi connectivity index (χ3v) is 4.37.